The number of amides is 2. The minimum atomic E-state index is -0.705. The van der Waals surface area contributed by atoms with Gasteiger partial charge in [0, 0.05) is 11.9 Å². The standard InChI is InChI=1S/C18H20FN3O2/c1-12-9-10-13(11-20-12)17(24)22(18(2,3)4)21-16(23)14-7-5-6-8-15(14)19/h5-11H,1-4H3,(H,21,23). The normalized spacial score (nSPS) is 11.0. The van der Waals surface area contributed by atoms with Gasteiger partial charge in [-0.1, -0.05) is 12.1 Å². The van der Waals surface area contributed by atoms with Crippen molar-refractivity contribution >= 4 is 11.8 Å². The summed E-state index contributed by atoms with van der Waals surface area (Å²) in [6.45, 7) is 7.13. The van der Waals surface area contributed by atoms with Gasteiger partial charge in [-0.15, -0.1) is 0 Å². The molecule has 1 aromatic carbocycles. The molecule has 0 radical (unpaired) electrons. The highest BCUT2D eigenvalue weighted by atomic mass is 19.1. The van der Waals surface area contributed by atoms with Gasteiger partial charge in [-0.2, -0.15) is 0 Å². The number of hydrogen-bond acceptors (Lipinski definition) is 3. The lowest BCUT2D eigenvalue weighted by Gasteiger charge is -2.35. The third-order valence-corrected chi connectivity index (χ3v) is 3.36. The van der Waals surface area contributed by atoms with Crippen LogP contribution in [0.25, 0.3) is 0 Å². The number of pyridine rings is 1. The minimum Gasteiger partial charge on any atom is -0.267 e. The van der Waals surface area contributed by atoms with Crippen LogP contribution in [0.3, 0.4) is 0 Å². The fourth-order valence-corrected chi connectivity index (χ4v) is 2.05. The number of aryl methyl sites for hydroxylation is 1. The van der Waals surface area contributed by atoms with Crippen LogP contribution in [0.5, 0.6) is 0 Å². The molecule has 0 spiro atoms. The van der Waals surface area contributed by atoms with E-state index in [1.54, 1.807) is 39.0 Å². The van der Waals surface area contributed by atoms with Crippen LogP contribution in [-0.4, -0.2) is 27.3 Å². The van der Waals surface area contributed by atoms with Gasteiger partial charge in [-0.3, -0.25) is 20.0 Å². The summed E-state index contributed by atoms with van der Waals surface area (Å²) >= 11 is 0. The van der Waals surface area contributed by atoms with Crippen LogP contribution in [0.1, 0.15) is 47.2 Å². The highest BCUT2D eigenvalue weighted by Crippen LogP contribution is 2.16. The fourth-order valence-electron chi connectivity index (χ4n) is 2.05. The number of aromatic nitrogens is 1. The molecule has 1 heterocycles. The molecule has 0 saturated carbocycles. The Morgan fingerprint density at radius 2 is 1.79 bits per heavy atom. The van der Waals surface area contributed by atoms with Crippen molar-refractivity contribution in [3.05, 3.63) is 65.2 Å². The summed E-state index contributed by atoms with van der Waals surface area (Å²) in [6.07, 6.45) is 1.45. The number of hydrazine groups is 1. The van der Waals surface area contributed by atoms with E-state index < -0.39 is 23.2 Å². The van der Waals surface area contributed by atoms with Gasteiger partial charge in [0.15, 0.2) is 0 Å². The summed E-state index contributed by atoms with van der Waals surface area (Å²) < 4.78 is 13.8. The molecule has 2 aromatic rings. The first-order valence-corrected chi connectivity index (χ1v) is 7.53. The van der Waals surface area contributed by atoms with Crippen molar-refractivity contribution in [3.8, 4) is 0 Å². The van der Waals surface area contributed by atoms with E-state index in [2.05, 4.69) is 10.4 Å². The average molecular weight is 329 g/mol. The van der Waals surface area contributed by atoms with Crippen LogP contribution >= 0.6 is 0 Å². The largest absolute Gasteiger partial charge is 0.274 e. The number of rotatable bonds is 2. The summed E-state index contributed by atoms with van der Waals surface area (Å²) in [5, 5.41) is 1.19. The summed E-state index contributed by atoms with van der Waals surface area (Å²) in [7, 11) is 0. The van der Waals surface area contributed by atoms with Gasteiger partial charge in [0.25, 0.3) is 11.8 Å². The topological polar surface area (TPSA) is 62.3 Å². The summed E-state index contributed by atoms with van der Waals surface area (Å²) in [6, 6.07) is 8.97. The molecule has 2 amide bonds. The smallest absolute Gasteiger partial charge is 0.267 e. The van der Waals surface area contributed by atoms with Crippen molar-refractivity contribution in [2.45, 2.75) is 33.2 Å². The maximum Gasteiger partial charge on any atom is 0.274 e. The quantitative estimate of drug-likeness (QED) is 0.861. The molecular weight excluding hydrogens is 309 g/mol. The van der Waals surface area contributed by atoms with Crippen molar-refractivity contribution in [3.63, 3.8) is 0 Å². The van der Waals surface area contributed by atoms with Crippen LogP contribution in [0.4, 0.5) is 4.39 Å². The maximum atomic E-state index is 13.8. The van der Waals surface area contributed by atoms with E-state index >= 15 is 0 Å². The Bertz CT molecular complexity index is 752. The first-order valence-electron chi connectivity index (χ1n) is 7.53. The van der Waals surface area contributed by atoms with Crippen molar-refractivity contribution in [1.82, 2.24) is 15.4 Å². The second-order valence-corrected chi connectivity index (χ2v) is 6.42. The van der Waals surface area contributed by atoms with E-state index in [4.69, 9.17) is 0 Å². The first kappa shape index (κ1) is 17.6. The number of carbonyl (C=O) groups excluding carboxylic acids is 2. The van der Waals surface area contributed by atoms with Crippen molar-refractivity contribution < 1.29 is 14.0 Å². The fraction of sp³-hybridized carbons (Fsp3) is 0.278. The Hall–Kier alpha value is -2.76. The van der Waals surface area contributed by atoms with E-state index in [0.717, 1.165) is 5.69 Å². The first-order chi connectivity index (χ1) is 11.2. The molecule has 0 aliphatic rings. The van der Waals surface area contributed by atoms with Crippen LogP contribution in [0.2, 0.25) is 0 Å². The van der Waals surface area contributed by atoms with Gasteiger partial charge < -0.3 is 0 Å². The summed E-state index contributed by atoms with van der Waals surface area (Å²) in [5.74, 6) is -1.75. The average Bonchev–Trinajstić information content (AvgIpc) is 2.52. The zero-order valence-electron chi connectivity index (χ0n) is 14.1. The highest BCUT2D eigenvalue weighted by Gasteiger charge is 2.30. The number of nitrogens with zero attached hydrogens (tertiary/aromatic N) is 2. The molecule has 0 saturated heterocycles. The molecule has 5 nitrogen and oxygen atoms in total. The van der Waals surface area contributed by atoms with Crippen LogP contribution in [0, 0.1) is 12.7 Å². The summed E-state index contributed by atoms with van der Waals surface area (Å²) in [4.78, 5) is 29.2. The molecule has 1 N–H and O–H groups in total. The Morgan fingerprint density at radius 3 is 2.33 bits per heavy atom. The molecule has 0 aliphatic heterocycles. The molecule has 1 aromatic heterocycles. The zero-order chi connectivity index (χ0) is 17.9. The predicted molar refractivity (Wildman–Crippen MR) is 88.8 cm³/mol. The SMILES string of the molecule is Cc1ccc(C(=O)N(NC(=O)c2ccccc2F)C(C)(C)C)cn1. The lowest BCUT2D eigenvalue weighted by atomic mass is 10.1. The third kappa shape index (κ3) is 3.95. The van der Waals surface area contributed by atoms with Gasteiger partial charge in [0.1, 0.15) is 5.82 Å². The van der Waals surface area contributed by atoms with E-state index in [9.17, 15) is 14.0 Å². The van der Waals surface area contributed by atoms with Gasteiger partial charge >= 0.3 is 0 Å². The molecule has 0 aliphatic carbocycles. The molecule has 0 bridgehead atoms. The van der Waals surface area contributed by atoms with Crippen molar-refractivity contribution in [2.75, 3.05) is 0 Å². The minimum absolute atomic E-state index is 0.124. The van der Waals surface area contributed by atoms with Crippen molar-refractivity contribution in [2.24, 2.45) is 0 Å². The molecule has 0 fully saturated rings. The van der Waals surface area contributed by atoms with E-state index in [-0.39, 0.29) is 5.56 Å². The van der Waals surface area contributed by atoms with Crippen LogP contribution in [0.15, 0.2) is 42.6 Å². The molecular formula is C18H20FN3O2. The number of benzene rings is 1. The number of nitrogens with one attached hydrogen (secondary N) is 1. The Balaban J connectivity index is 2.29. The summed E-state index contributed by atoms with van der Waals surface area (Å²) in [5.41, 5.74) is 2.79. The molecule has 0 atom stereocenters. The zero-order valence-corrected chi connectivity index (χ0v) is 14.1. The Morgan fingerprint density at radius 1 is 1.12 bits per heavy atom. The molecule has 24 heavy (non-hydrogen) atoms. The monoisotopic (exact) mass is 329 g/mol. The van der Waals surface area contributed by atoms with Gasteiger partial charge in [0.2, 0.25) is 0 Å². The number of hydrogen-bond donors (Lipinski definition) is 1. The Kier molecular flexibility index (Phi) is 4.97. The van der Waals surface area contributed by atoms with Gasteiger partial charge in [0.05, 0.1) is 16.7 Å². The molecule has 2 rings (SSSR count). The number of halogens is 1. The second kappa shape index (κ2) is 6.78. The van der Waals surface area contributed by atoms with Gasteiger partial charge in [-0.25, -0.2) is 9.40 Å². The second-order valence-electron chi connectivity index (χ2n) is 6.42. The van der Waals surface area contributed by atoms with E-state index in [1.807, 2.05) is 6.92 Å². The van der Waals surface area contributed by atoms with Crippen LogP contribution in [-0.2, 0) is 0 Å². The Labute approximate surface area is 140 Å². The van der Waals surface area contributed by atoms with E-state index in [0.29, 0.717) is 5.56 Å². The van der Waals surface area contributed by atoms with Crippen molar-refractivity contribution in [1.29, 1.82) is 0 Å². The maximum absolute atomic E-state index is 13.8. The predicted octanol–water partition coefficient (Wildman–Crippen LogP) is 3.11. The lowest BCUT2D eigenvalue weighted by molar-refractivity contribution is 0.0356. The third-order valence-electron chi connectivity index (χ3n) is 3.36. The highest BCUT2D eigenvalue weighted by molar-refractivity contribution is 5.99. The van der Waals surface area contributed by atoms with E-state index in [1.165, 1.54) is 29.4 Å². The van der Waals surface area contributed by atoms with Gasteiger partial charge in [-0.05, 0) is 52.0 Å². The lowest BCUT2D eigenvalue weighted by Crippen LogP contribution is -2.56. The molecule has 6 heteroatoms. The molecule has 0 unspecified atom stereocenters. The number of carbonyl (C=O) groups is 2. The van der Waals surface area contributed by atoms with Crippen LogP contribution < -0.4 is 5.43 Å². The molecule has 126 valence electrons.